The lowest BCUT2D eigenvalue weighted by Gasteiger charge is -2.08. The molecule has 1 heterocycles. The second-order valence-electron chi connectivity index (χ2n) is 4.10. The van der Waals surface area contributed by atoms with Gasteiger partial charge < -0.3 is 10.4 Å². The molecule has 0 aliphatic carbocycles. The highest BCUT2D eigenvalue weighted by Crippen LogP contribution is 2.15. The zero-order valence-corrected chi connectivity index (χ0v) is 12.5. The number of carbonyl (C=O) groups is 1. The van der Waals surface area contributed by atoms with E-state index in [1.54, 1.807) is 24.3 Å². The Labute approximate surface area is 128 Å². The van der Waals surface area contributed by atoms with E-state index in [-0.39, 0.29) is 12.2 Å². The van der Waals surface area contributed by atoms with Crippen molar-refractivity contribution in [2.45, 2.75) is 0 Å². The maximum atomic E-state index is 11.9. The molecule has 1 amide bonds. The lowest BCUT2D eigenvalue weighted by Crippen LogP contribution is -2.29. The highest BCUT2D eigenvalue weighted by molar-refractivity contribution is 9.10. The summed E-state index contributed by atoms with van der Waals surface area (Å²) in [5.74, 6) is -1.05. The van der Waals surface area contributed by atoms with E-state index in [4.69, 9.17) is 0 Å². The summed E-state index contributed by atoms with van der Waals surface area (Å²) in [5.41, 5.74) is -0.268. The molecular weight excluding hydrogens is 338 g/mol. The van der Waals surface area contributed by atoms with Gasteiger partial charge in [0.1, 0.15) is 0 Å². The molecule has 0 saturated carbocycles. The number of benzene rings is 1. The highest BCUT2D eigenvalue weighted by atomic mass is 79.9. The third-order valence-corrected chi connectivity index (χ3v) is 3.13. The van der Waals surface area contributed by atoms with Gasteiger partial charge in [-0.3, -0.25) is 9.59 Å². The summed E-state index contributed by atoms with van der Waals surface area (Å²) in [6, 6.07) is 7.78. The van der Waals surface area contributed by atoms with E-state index < -0.39 is 17.2 Å². The van der Waals surface area contributed by atoms with E-state index >= 15 is 0 Å². The Morgan fingerprint density at radius 2 is 2.10 bits per heavy atom. The summed E-state index contributed by atoms with van der Waals surface area (Å²) in [4.78, 5) is 23.8. The van der Waals surface area contributed by atoms with Crippen molar-refractivity contribution in [3.8, 4) is 11.4 Å². The molecule has 0 unspecified atom stereocenters. The number of hydrogen-bond acceptors (Lipinski definition) is 4. The van der Waals surface area contributed by atoms with Crippen molar-refractivity contribution in [1.82, 2.24) is 15.1 Å². The van der Waals surface area contributed by atoms with Crippen LogP contribution in [0.25, 0.3) is 5.69 Å². The molecule has 7 heteroatoms. The van der Waals surface area contributed by atoms with Crippen LogP contribution < -0.4 is 10.9 Å². The smallest absolute Gasteiger partial charge is 0.275 e. The molecule has 0 aliphatic heterocycles. The Hall–Kier alpha value is -2.41. The lowest BCUT2D eigenvalue weighted by molar-refractivity contribution is 0.0948. The van der Waals surface area contributed by atoms with Gasteiger partial charge in [0, 0.05) is 17.1 Å². The molecule has 2 rings (SSSR count). The number of rotatable bonds is 4. The first-order chi connectivity index (χ1) is 10.0. The molecule has 1 aromatic carbocycles. The van der Waals surface area contributed by atoms with Crippen LogP contribution in [-0.4, -0.2) is 27.3 Å². The van der Waals surface area contributed by atoms with Gasteiger partial charge in [-0.2, -0.15) is 9.78 Å². The zero-order chi connectivity index (χ0) is 15.4. The van der Waals surface area contributed by atoms with E-state index in [0.717, 1.165) is 15.2 Å². The number of hydrogen-bond donors (Lipinski definition) is 2. The van der Waals surface area contributed by atoms with Gasteiger partial charge in [-0.25, -0.2) is 0 Å². The van der Waals surface area contributed by atoms with Gasteiger partial charge in [-0.15, -0.1) is 6.58 Å². The van der Waals surface area contributed by atoms with Crippen LogP contribution in [0.2, 0.25) is 0 Å². The van der Waals surface area contributed by atoms with E-state index in [0.29, 0.717) is 5.69 Å². The van der Waals surface area contributed by atoms with Gasteiger partial charge >= 0.3 is 0 Å². The Balaban J connectivity index is 2.48. The van der Waals surface area contributed by atoms with Crippen molar-refractivity contribution in [3.05, 3.63) is 63.5 Å². The highest BCUT2D eigenvalue weighted by Gasteiger charge is 2.16. The molecule has 1 aromatic heterocycles. The third kappa shape index (κ3) is 3.38. The molecule has 0 fully saturated rings. The van der Waals surface area contributed by atoms with E-state index in [1.807, 2.05) is 0 Å². The minimum Gasteiger partial charge on any atom is -0.505 e. The molecule has 2 N–H and O–H groups in total. The fourth-order valence-electron chi connectivity index (χ4n) is 1.62. The van der Waals surface area contributed by atoms with Crippen molar-refractivity contribution < 1.29 is 9.90 Å². The summed E-state index contributed by atoms with van der Waals surface area (Å²) in [5, 5.41) is 16.1. The fourth-order valence-corrected chi connectivity index (χ4v) is 1.89. The molecule has 0 radical (unpaired) electrons. The first-order valence-corrected chi connectivity index (χ1v) is 6.80. The van der Waals surface area contributed by atoms with Crippen LogP contribution in [0.1, 0.15) is 10.5 Å². The molecule has 0 spiro atoms. The minimum absolute atomic E-state index is 0.223. The first kappa shape index (κ1) is 15.0. The second kappa shape index (κ2) is 6.36. The van der Waals surface area contributed by atoms with Crippen molar-refractivity contribution >= 4 is 21.8 Å². The number of halogens is 1. The van der Waals surface area contributed by atoms with Crippen molar-refractivity contribution in [2.75, 3.05) is 6.54 Å². The molecule has 21 heavy (non-hydrogen) atoms. The normalized spacial score (nSPS) is 10.1. The van der Waals surface area contributed by atoms with Gasteiger partial charge in [-0.05, 0) is 24.3 Å². The molecule has 6 nitrogen and oxygen atoms in total. The average molecular weight is 350 g/mol. The number of aromatic nitrogens is 2. The lowest BCUT2D eigenvalue weighted by atomic mass is 10.3. The summed E-state index contributed by atoms with van der Waals surface area (Å²) < 4.78 is 1.90. The topological polar surface area (TPSA) is 84.2 Å². The zero-order valence-electron chi connectivity index (χ0n) is 10.9. The standard InChI is InChI=1S/C14H12BrN3O3/c1-2-7-16-14(21)13-11(19)8-12(20)18(17-13)10-5-3-9(15)4-6-10/h2-6,8,19H,1,7H2,(H,16,21). The Kier molecular flexibility index (Phi) is 4.54. The van der Waals surface area contributed by atoms with Gasteiger partial charge in [0.15, 0.2) is 11.4 Å². The van der Waals surface area contributed by atoms with Gasteiger partial charge in [-0.1, -0.05) is 22.0 Å². The molecular formula is C14H12BrN3O3. The van der Waals surface area contributed by atoms with E-state index in [9.17, 15) is 14.7 Å². The first-order valence-electron chi connectivity index (χ1n) is 6.01. The fraction of sp³-hybridized carbons (Fsp3) is 0.0714. The monoisotopic (exact) mass is 349 g/mol. The van der Waals surface area contributed by atoms with Gasteiger partial charge in [0.2, 0.25) is 0 Å². The van der Waals surface area contributed by atoms with Crippen LogP contribution in [-0.2, 0) is 0 Å². The molecule has 0 atom stereocenters. The molecule has 0 aliphatic rings. The SMILES string of the molecule is C=CCNC(=O)c1nn(-c2ccc(Br)cc2)c(=O)cc1O. The number of carbonyl (C=O) groups excluding carboxylic acids is 1. The Morgan fingerprint density at radius 1 is 1.43 bits per heavy atom. The molecule has 0 saturated heterocycles. The second-order valence-corrected chi connectivity index (χ2v) is 5.02. The predicted octanol–water partition coefficient (Wildman–Crippen LogP) is 1.62. The van der Waals surface area contributed by atoms with Crippen LogP contribution >= 0.6 is 15.9 Å². The van der Waals surface area contributed by atoms with Crippen LogP contribution in [0.4, 0.5) is 0 Å². The number of aromatic hydroxyl groups is 1. The Morgan fingerprint density at radius 3 is 2.71 bits per heavy atom. The maximum absolute atomic E-state index is 11.9. The maximum Gasteiger partial charge on any atom is 0.275 e. The van der Waals surface area contributed by atoms with Crippen molar-refractivity contribution in [2.24, 2.45) is 0 Å². The predicted molar refractivity (Wildman–Crippen MR) is 81.7 cm³/mol. The molecule has 0 bridgehead atoms. The summed E-state index contributed by atoms with van der Waals surface area (Å²) in [6.07, 6.45) is 1.50. The van der Waals surface area contributed by atoms with Crippen LogP contribution in [0.5, 0.6) is 5.75 Å². The largest absolute Gasteiger partial charge is 0.505 e. The number of amides is 1. The van der Waals surface area contributed by atoms with Gasteiger partial charge in [0.25, 0.3) is 11.5 Å². The van der Waals surface area contributed by atoms with Crippen LogP contribution in [0, 0.1) is 0 Å². The summed E-state index contributed by atoms with van der Waals surface area (Å²) >= 11 is 3.29. The Bertz CT molecular complexity index is 738. The van der Waals surface area contributed by atoms with Crippen molar-refractivity contribution in [3.63, 3.8) is 0 Å². The summed E-state index contributed by atoms with van der Waals surface area (Å²) in [6.45, 7) is 3.71. The van der Waals surface area contributed by atoms with Crippen LogP contribution in [0.3, 0.4) is 0 Å². The van der Waals surface area contributed by atoms with Crippen LogP contribution in [0.15, 0.2) is 52.3 Å². The van der Waals surface area contributed by atoms with E-state index in [2.05, 4.69) is 32.9 Å². The minimum atomic E-state index is -0.585. The summed E-state index contributed by atoms with van der Waals surface area (Å²) in [7, 11) is 0. The van der Waals surface area contributed by atoms with E-state index in [1.165, 1.54) is 6.08 Å². The van der Waals surface area contributed by atoms with Gasteiger partial charge in [0.05, 0.1) is 5.69 Å². The third-order valence-electron chi connectivity index (χ3n) is 2.60. The number of nitrogens with zero attached hydrogens (tertiary/aromatic N) is 2. The van der Waals surface area contributed by atoms with Crippen molar-refractivity contribution in [1.29, 1.82) is 0 Å². The molecule has 108 valence electrons. The average Bonchev–Trinajstić information content (AvgIpc) is 2.46. The quantitative estimate of drug-likeness (QED) is 0.821. The molecule has 2 aromatic rings. The number of nitrogens with one attached hydrogen (secondary N) is 1.